The molecule has 0 bridgehead atoms. The van der Waals surface area contributed by atoms with Crippen LogP contribution in [-0.2, 0) is 0 Å². The molecule has 0 atom stereocenters. The molecule has 0 aliphatic rings. The second-order valence-corrected chi connectivity index (χ2v) is 3.61. The number of nitrogen functional groups attached to an aromatic ring is 1. The van der Waals surface area contributed by atoms with Crippen LogP contribution in [0.5, 0.6) is 0 Å². The molecule has 1 rings (SSSR count). The maximum absolute atomic E-state index is 12.9. The topological polar surface area (TPSA) is 49.8 Å². The summed E-state index contributed by atoms with van der Waals surface area (Å²) in [5.74, 6) is 0.279. The van der Waals surface area contributed by atoms with E-state index in [0.717, 1.165) is 4.90 Å². The Bertz CT molecular complexity index is 333. The normalized spacial score (nSPS) is 9.54. The molecule has 0 radical (unpaired) electrons. The van der Waals surface area contributed by atoms with Gasteiger partial charge < -0.3 is 5.73 Å². The van der Waals surface area contributed by atoms with E-state index in [2.05, 4.69) is 0 Å². The van der Waals surface area contributed by atoms with Crippen molar-refractivity contribution in [1.29, 1.82) is 5.26 Å². The Hall–Kier alpha value is -1.21. The van der Waals surface area contributed by atoms with Crippen LogP contribution in [0.25, 0.3) is 0 Å². The Balaban J connectivity index is 2.59. The van der Waals surface area contributed by atoms with Crippen molar-refractivity contribution in [3.63, 3.8) is 0 Å². The van der Waals surface area contributed by atoms with E-state index in [1.54, 1.807) is 6.07 Å². The SMILES string of the molecule is N#CCCSc1ccc(N)c(F)c1. The number of hydrogen-bond acceptors (Lipinski definition) is 3. The van der Waals surface area contributed by atoms with Crippen LogP contribution in [0.15, 0.2) is 23.1 Å². The monoisotopic (exact) mass is 196 g/mol. The van der Waals surface area contributed by atoms with Crippen molar-refractivity contribution in [3.8, 4) is 6.07 Å². The number of anilines is 1. The summed E-state index contributed by atoms with van der Waals surface area (Å²) in [6.07, 6.45) is 0.469. The molecule has 68 valence electrons. The zero-order valence-electron chi connectivity index (χ0n) is 6.96. The zero-order chi connectivity index (χ0) is 9.68. The van der Waals surface area contributed by atoms with Gasteiger partial charge in [-0.1, -0.05) is 0 Å². The minimum absolute atomic E-state index is 0.157. The van der Waals surface area contributed by atoms with Crippen molar-refractivity contribution < 1.29 is 4.39 Å². The van der Waals surface area contributed by atoms with Crippen molar-refractivity contribution in [1.82, 2.24) is 0 Å². The highest BCUT2D eigenvalue weighted by Crippen LogP contribution is 2.22. The summed E-state index contributed by atoms with van der Waals surface area (Å²) in [5, 5.41) is 8.29. The molecular formula is C9H9FN2S. The molecule has 0 aromatic heterocycles. The fourth-order valence-corrected chi connectivity index (χ4v) is 1.59. The number of hydrogen-bond donors (Lipinski definition) is 1. The molecule has 2 nitrogen and oxygen atoms in total. The lowest BCUT2D eigenvalue weighted by Crippen LogP contribution is -1.89. The van der Waals surface area contributed by atoms with E-state index < -0.39 is 5.82 Å². The molecule has 0 aliphatic carbocycles. The van der Waals surface area contributed by atoms with Gasteiger partial charge in [-0.05, 0) is 18.2 Å². The van der Waals surface area contributed by atoms with Gasteiger partial charge in [0.05, 0.1) is 11.8 Å². The maximum atomic E-state index is 12.9. The molecular weight excluding hydrogens is 187 g/mol. The van der Waals surface area contributed by atoms with Gasteiger partial charge in [-0.15, -0.1) is 11.8 Å². The molecule has 0 saturated carbocycles. The molecule has 0 heterocycles. The van der Waals surface area contributed by atoms with Crippen LogP contribution in [0.1, 0.15) is 6.42 Å². The lowest BCUT2D eigenvalue weighted by atomic mass is 10.3. The largest absolute Gasteiger partial charge is 0.396 e. The molecule has 2 N–H and O–H groups in total. The summed E-state index contributed by atoms with van der Waals surface area (Å²) < 4.78 is 12.9. The third-order valence-corrected chi connectivity index (χ3v) is 2.45. The number of nitriles is 1. The van der Waals surface area contributed by atoms with Crippen LogP contribution in [0.2, 0.25) is 0 Å². The minimum Gasteiger partial charge on any atom is -0.396 e. The van der Waals surface area contributed by atoms with Crippen molar-refractivity contribution in [2.75, 3.05) is 11.5 Å². The summed E-state index contributed by atoms with van der Waals surface area (Å²) in [6.45, 7) is 0. The first-order valence-electron chi connectivity index (χ1n) is 3.79. The minimum atomic E-state index is -0.401. The molecule has 0 amide bonds. The average molecular weight is 196 g/mol. The predicted octanol–water partition coefficient (Wildman–Crippen LogP) is 2.41. The third kappa shape index (κ3) is 2.96. The highest BCUT2D eigenvalue weighted by Gasteiger charge is 1.99. The van der Waals surface area contributed by atoms with Gasteiger partial charge in [-0.25, -0.2) is 4.39 Å². The number of thioether (sulfide) groups is 1. The van der Waals surface area contributed by atoms with E-state index in [4.69, 9.17) is 11.0 Å². The van der Waals surface area contributed by atoms with Gasteiger partial charge in [0.25, 0.3) is 0 Å². The second kappa shape index (κ2) is 4.73. The highest BCUT2D eigenvalue weighted by molar-refractivity contribution is 7.99. The number of benzene rings is 1. The molecule has 13 heavy (non-hydrogen) atoms. The molecule has 0 fully saturated rings. The lowest BCUT2D eigenvalue weighted by Gasteiger charge is -2.00. The maximum Gasteiger partial charge on any atom is 0.147 e. The quantitative estimate of drug-likeness (QED) is 0.459. The van der Waals surface area contributed by atoms with Crippen LogP contribution >= 0.6 is 11.8 Å². The third-order valence-electron chi connectivity index (χ3n) is 1.45. The van der Waals surface area contributed by atoms with E-state index in [1.807, 2.05) is 6.07 Å². The fourth-order valence-electron chi connectivity index (χ4n) is 0.812. The average Bonchev–Trinajstić information content (AvgIpc) is 2.12. The van der Waals surface area contributed by atoms with Gasteiger partial charge in [-0.3, -0.25) is 0 Å². The Morgan fingerprint density at radius 3 is 2.92 bits per heavy atom. The van der Waals surface area contributed by atoms with Gasteiger partial charge in [0, 0.05) is 17.1 Å². The molecule has 1 aromatic rings. The number of rotatable bonds is 3. The van der Waals surface area contributed by atoms with Crippen LogP contribution in [0.3, 0.4) is 0 Å². The highest BCUT2D eigenvalue weighted by atomic mass is 32.2. The molecule has 0 saturated heterocycles. The fraction of sp³-hybridized carbons (Fsp3) is 0.222. The smallest absolute Gasteiger partial charge is 0.147 e. The Labute approximate surface area is 80.5 Å². The Morgan fingerprint density at radius 2 is 2.31 bits per heavy atom. The van der Waals surface area contributed by atoms with E-state index in [-0.39, 0.29) is 5.69 Å². The van der Waals surface area contributed by atoms with E-state index in [9.17, 15) is 4.39 Å². The van der Waals surface area contributed by atoms with Gasteiger partial charge in [0.15, 0.2) is 0 Å². The number of nitrogens with zero attached hydrogens (tertiary/aromatic N) is 1. The van der Waals surface area contributed by atoms with E-state index in [0.29, 0.717) is 12.2 Å². The van der Waals surface area contributed by atoms with Crippen LogP contribution in [0.4, 0.5) is 10.1 Å². The van der Waals surface area contributed by atoms with Crippen molar-refractivity contribution in [2.24, 2.45) is 0 Å². The molecule has 0 unspecified atom stereocenters. The van der Waals surface area contributed by atoms with E-state index >= 15 is 0 Å². The predicted molar refractivity (Wildman–Crippen MR) is 51.8 cm³/mol. The first-order valence-corrected chi connectivity index (χ1v) is 4.77. The first kappa shape index (κ1) is 9.87. The molecule has 1 aromatic carbocycles. The van der Waals surface area contributed by atoms with Gasteiger partial charge in [0.1, 0.15) is 5.82 Å². The standard InChI is InChI=1S/C9H9FN2S/c10-8-6-7(2-3-9(8)12)13-5-1-4-11/h2-3,6H,1,5,12H2. The summed E-state index contributed by atoms with van der Waals surface area (Å²) in [4.78, 5) is 0.807. The molecule has 0 spiro atoms. The van der Waals surface area contributed by atoms with Crippen LogP contribution in [-0.4, -0.2) is 5.75 Å². The van der Waals surface area contributed by atoms with Crippen LogP contribution < -0.4 is 5.73 Å². The van der Waals surface area contributed by atoms with Crippen LogP contribution in [0, 0.1) is 17.1 Å². The lowest BCUT2D eigenvalue weighted by molar-refractivity contribution is 0.629. The zero-order valence-corrected chi connectivity index (χ0v) is 7.77. The van der Waals surface area contributed by atoms with Crippen molar-refractivity contribution in [3.05, 3.63) is 24.0 Å². The van der Waals surface area contributed by atoms with Gasteiger partial charge >= 0.3 is 0 Å². The number of nitrogens with two attached hydrogens (primary N) is 1. The van der Waals surface area contributed by atoms with Crippen molar-refractivity contribution in [2.45, 2.75) is 11.3 Å². The number of halogens is 1. The summed E-state index contributed by atoms with van der Waals surface area (Å²) in [7, 11) is 0. The summed E-state index contributed by atoms with van der Waals surface area (Å²) >= 11 is 1.45. The Morgan fingerprint density at radius 1 is 1.54 bits per heavy atom. The summed E-state index contributed by atoms with van der Waals surface area (Å²) in [5.41, 5.74) is 5.46. The van der Waals surface area contributed by atoms with Crippen molar-refractivity contribution >= 4 is 17.4 Å². The first-order chi connectivity index (χ1) is 6.24. The van der Waals surface area contributed by atoms with Gasteiger partial charge in [-0.2, -0.15) is 5.26 Å². The van der Waals surface area contributed by atoms with Gasteiger partial charge in [0.2, 0.25) is 0 Å². The molecule has 4 heteroatoms. The second-order valence-electron chi connectivity index (χ2n) is 2.44. The summed E-state index contributed by atoms with van der Waals surface area (Å²) in [6, 6.07) is 6.69. The Kier molecular flexibility index (Phi) is 3.59. The van der Waals surface area contributed by atoms with E-state index in [1.165, 1.54) is 23.9 Å². The molecule has 0 aliphatic heterocycles.